The Kier molecular flexibility index (Phi) is 6.77. The van der Waals surface area contributed by atoms with Crippen molar-refractivity contribution in [1.29, 1.82) is 0 Å². The Morgan fingerprint density at radius 3 is 2.04 bits per heavy atom. The van der Waals surface area contributed by atoms with Gasteiger partial charge < -0.3 is 5.32 Å². The van der Waals surface area contributed by atoms with Gasteiger partial charge in [0.05, 0.1) is 0 Å². The molecule has 0 fully saturated rings. The smallest absolute Gasteiger partial charge is 0.307 e. The third-order valence-corrected chi connectivity index (χ3v) is 5.70. The summed E-state index contributed by atoms with van der Waals surface area (Å²) in [5.74, 6) is 0.176. The van der Waals surface area contributed by atoms with Crippen molar-refractivity contribution in [2.24, 2.45) is 0 Å². The molecule has 2 aromatic rings. The molecule has 0 radical (unpaired) electrons. The zero-order chi connectivity index (χ0) is 21.2. The van der Waals surface area contributed by atoms with Crippen LogP contribution in [0.5, 0.6) is 0 Å². The van der Waals surface area contributed by atoms with Crippen LogP contribution in [0.15, 0.2) is 29.4 Å². The van der Waals surface area contributed by atoms with Crippen molar-refractivity contribution in [3.8, 4) is 0 Å². The molecule has 28 heavy (non-hydrogen) atoms. The average molecular weight is 427 g/mol. The quantitative estimate of drug-likeness (QED) is 0.688. The first-order valence-corrected chi connectivity index (χ1v) is 11.0. The van der Waals surface area contributed by atoms with Crippen LogP contribution in [0.2, 0.25) is 5.02 Å². The molecule has 2 rings (SSSR count). The molecule has 1 heterocycles. The highest BCUT2D eigenvalue weighted by molar-refractivity contribution is 7.90. The lowest BCUT2D eigenvalue weighted by Gasteiger charge is -2.21. The lowest BCUT2D eigenvalue weighted by atomic mass is 9.92. The molecule has 0 aliphatic carbocycles. The second-order valence-electron chi connectivity index (χ2n) is 7.56. The van der Waals surface area contributed by atoms with Gasteiger partial charge in [-0.3, -0.25) is 4.68 Å². The number of aromatic nitrogens is 2. The predicted molar refractivity (Wildman–Crippen MR) is 112 cm³/mol. The van der Waals surface area contributed by atoms with E-state index in [0.29, 0.717) is 10.7 Å². The van der Waals surface area contributed by atoms with Crippen molar-refractivity contribution in [2.45, 2.75) is 64.4 Å². The Morgan fingerprint density at radius 2 is 1.61 bits per heavy atom. The van der Waals surface area contributed by atoms with E-state index in [1.165, 1.54) is 10.7 Å². The molecule has 7 nitrogen and oxygen atoms in total. The second kappa shape index (κ2) is 8.53. The standard InChI is InChI=1S/C19H27ClN4O3S/c1-11(2)15-9-14(20)10-16(12(3)4)18(15)21-19(25)23-28(26,27)17-7-8-24(22-17)13(5)6/h7-13H,1-6H3,(H2,21,23,25). The molecule has 0 aliphatic rings. The first-order valence-electron chi connectivity index (χ1n) is 9.14. The molecule has 0 saturated heterocycles. The van der Waals surface area contributed by atoms with Gasteiger partial charge in [-0.2, -0.15) is 13.5 Å². The SMILES string of the molecule is CC(C)c1cc(Cl)cc(C(C)C)c1NC(=O)NS(=O)(=O)c1ccn(C(C)C)n1. The highest BCUT2D eigenvalue weighted by atomic mass is 35.5. The Balaban J connectivity index is 2.31. The number of hydrogen-bond acceptors (Lipinski definition) is 4. The largest absolute Gasteiger partial charge is 0.333 e. The number of carbonyl (C=O) groups excluding carboxylic acids is 1. The molecule has 2 amide bonds. The Labute approximate surface area is 171 Å². The van der Waals surface area contributed by atoms with Gasteiger partial charge in [-0.25, -0.2) is 9.52 Å². The highest BCUT2D eigenvalue weighted by Crippen LogP contribution is 2.35. The Morgan fingerprint density at radius 1 is 1.07 bits per heavy atom. The number of urea groups is 1. The van der Waals surface area contributed by atoms with E-state index in [9.17, 15) is 13.2 Å². The summed E-state index contributed by atoms with van der Waals surface area (Å²) in [6, 6.07) is 4.09. The van der Waals surface area contributed by atoms with Crippen molar-refractivity contribution >= 4 is 33.3 Å². The summed E-state index contributed by atoms with van der Waals surface area (Å²) in [7, 11) is -4.09. The maximum atomic E-state index is 12.5. The van der Waals surface area contributed by atoms with Gasteiger partial charge in [0.1, 0.15) is 0 Å². The number of halogens is 1. The maximum Gasteiger partial charge on any atom is 0.333 e. The van der Waals surface area contributed by atoms with Crippen LogP contribution in [-0.2, 0) is 10.0 Å². The number of nitrogens with zero attached hydrogens (tertiary/aromatic N) is 2. The molecule has 1 aromatic heterocycles. The van der Waals surface area contributed by atoms with Crippen LogP contribution in [0.3, 0.4) is 0 Å². The van der Waals surface area contributed by atoms with Gasteiger partial charge in [0, 0.05) is 22.9 Å². The maximum absolute atomic E-state index is 12.5. The van der Waals surface area contributed by atoms with Gasteiger partial charge in [-0.1, -0.05) is 39.3 Å². The second-order valence-corrected chi connectivity index (χ2v) is 9.62. The van der Waals surface area contributed by atoms with E-state index in [-0.39, 0.29) is 22.9 Å². The van der Waals surface area contributed by atoms with Crippen LogP contribution in [0.1, 0.15) is 70.5 Å². The molecular weight excluding hydrogens is 400 g/mol. The minimum absolute atomic E-state index is 0.00837. The topological polar surface area (TPSA) is 93.1 Å². The third kappa shape index (κ3) is 5.05. The highest BCUT2D eigenvalue weighted by Gasteiger charge is 2.23. The number of hydrogen-bond donors (Lipinski definition) is 2. The molecule has 1 aromatic carbocycles. The molecule has 9 heteroatoms. The van der Waals surface area contributed by atoms with Crippen molar-refractivity contribution in [2.75, 3.05) is 5.32 Å². The molecule has 0 aliphatic heterocycles. The lowest BCUT2D eigenvalue weighted by molar-refractivity contribution is 0.256. The van der Waals surface area contributed by atoms with Crippen LogP contribution in [0, 0.1) is 0 Å². The number of anilines is 1. The van der Waals surface area contributed by atoms with Crippen molar-refractivity contribution < 1.29 is 13.2 Å². The van der Waals surface area contributed by atoms with Crippen molar-refractivity contribution in [3.63, 3.8) is 0 Å². The summed E-state index contributed by atoms with van der Waals surface area (Å²) < 4.78 is 28.5. The third-order valence-electron chi connectivity index (χ3n) is 4.26. The van der Waals surface area contributed by atoms with Gasteiger partial charge in [0.25, 0.3) is 10.0 Å². The number of nitrogens with one attached hydrogen (secondary N) is 2. The van der Waals surface area contributed by atoms with E-state index in [2.05, 4.69) is 10.4 Å². The lowest BCUT2D eigenvalue weighted by Crippen LogP contribution is -2.35. The van der Waals surface area contributed by atoms with Crippen LogP contribution in [0.25, 0.3) is 0 Å². The van der Waals surface area contributed by atoms with E-state index >= 15 is 0 Å². The minimum atomic E-state index is -4.09. The van der Waals surface area contributed by atoms with Crippen molar-refractivity contribution in [3.05, 3.63) is 40.5 Å². The number of amides is 2. The zero-order valence-corrected chi connectivity index (χ0v) is 18.5. The molecule has 0 spiro atoms. The van der Waals surface area contributed by atoms with Crippen LogP contribution in [0.4, 0.5) is 10.5 Å². The zero-order valence-electron chi connectivity index (χ0n) is 16.9. The van der Waals surface area contributed by atoms with Gasteiger partial charge >= 0.3 is 6.03 Å². The van der Waals surface area contributed by atoms with Gasteiger partial charge in [-0.05, 0) is 55.0 Å². The summed E-state index contributed by atoms with van der Waals surface area (Å²) in [6.07, 6.45) is 1.56. The van der Waals surface area contributed by atoms with Gasteiger partial charge in [0.2, 0.25) is 0 Å². The summed E-state index contributed by atoms with van der Waals surface area (Å²) in [5, 5.41) is 7.08. The molecule has 0 atom stereocenters. The Bertz CT molecular complexity index is 936. The summed E-state index contributed by atoms with van der Waals surface area (Å²) in [4.78, 5) is 12.5. The summed E-state index contributed by atoms with van der Waals surface area (Å²) >= 11 is 6.23. The van der Waals surface area contributed by atoms with Crippen LogP contribution in [-0.4, -0.2) is 24.2 Å². The number of benzene rings is 1. The van der Waals surface area contributed by atoms with E-state index in [0.717, 1.165) is 11.1 Å². The molecule has 0 bridgehead atoms. The first-order chi connectivity index (χ1) is 12.9. The number of sulfonamides is 1. The fourth-order valence-electron chi connectivity index (χ4n) is 2.77. The van der Waals surface area contributed by atoms with Gasteiger partial charge in [0.15, 0.2) is 5.03 Å². The van der Waals surface area contributed by atoms with Crippen molar-refractivity contribution in [1.82, 2.24) is 14.5 Å². The predicted octanol–water partition coefficient (Wildman–Crippen LogP) is 4.87. The monoisotopic (exact) mass is 426 g/mol. The van der Waals surface area contributed by atoms with E-state index < -0.39 is 16.1 Å². The molecule has 0 unspecified atom stereocenters. The molecule has 154 valence electrons. The normalized spacial score (nSPS) is 12.1. The van der Waals surface area contributed by atoms with Gasteiger partial charge in [-0.15, -0.1) is 0 Å². The number of carbonyl (C=O) groups is 1. The average Bonchev–Trinajstić information content (AvgIpc) is 3.06. The molecule has 0 saturated carbocycles. The summed E-state index contributed by atoms with van der Waals surface area (Å²) in [6.45, 7) is 11.7. The molecular formula is C19H27ClN4O3S. The first kappa shape index (κ1) is 22.2. The fraction of sp³-hybridized carbons (Fsp3) is 0.474. The van der Waals surface area contributed by atoms with E-state index in [4.69, 9.17) is 11.6 Å². The van der Waals surface area contributed by atoms with E-state index in [1.807, 2.05) is 46.3 Å². The number of rotatable bonds is 6. The fourth-order valence-corrected chi connectivity index (χ4v) is 3.85. The Hall–Kier alpha value is -2.06. The molecule has 2 N–H and O–H groups in total. The van der Waals surface area contributed by atoms with E-state index in [1.54, 1.807) is 18.3 Å². The summed E-state index contributed by atoms with van der Waals surface area (Å²) in [5.41, 5.74) is 2.26. The van der Waals surface area contributed by atoms with Crippen LogP contribution >= 0.6 is 11.6 Å². The minimum Gasteiger partial charge on any atom is -0.307 e. The van der Waals surface area contributed by atoms with Crippen LogP contribution < -0.4 is 10.0 Å².